The molecule has 2 aromatic rings. The van der Waals surface area contributed by atoms with E-state index in [1.165, 1.54) is 12.1 Å². The molecule has 0 spiro atoms. The Labute approximate surface area is 153 Å². The van der Waals surface area contributed by atoms with Crippen LogP contribution in [0.5, 0.6) is 17.4 Å². The third-order valence-electron chi connectivity index (χ3n) is 3.80. The maximum atomic E-state index is 12.3. The second-order valence-corrected chi connectivity index (χ2v) is 5.89. The Balaban J connectivity index is 1.61. The maximum Gasteiger partial charge on any atom is 0.422 e. The van der Waals surface area contributed by atoms with E-state index in [0.717, 1.165) is 11.8 Å². The molecule has 27 heavy (non-hydrogen) atoms. The highest BCUT2D eigenvalue weighted by atomic mass is 19.4. The quantitative estimate of drug-likeness (QED) is 0.860. The first kappa shape index (κ1) is 18.8. The van der Waals surface area contributed by atoms with Crippen molar-refractivity contribution < 1.29 is 32.2 Å². The van der Waals surface area contributed by atoms with E-state index in [-0.39, 0.29) is 17.5 Å². The van der Waals surface area contributed by atoms with Crippen molar-refractivity contribution in [2.24, 2.45) is 0 Å². The third kappa shape index (κ3) is 5.02. The monoisotopic (exact) mass is 382 g/mol. The summed E-state index contributed by atoms with van der Waals surface area (Å²) in [6.45, 7) is 1.32. The molecule has 1 aromatic heterocycles. The first-order chi connectivity index (χ1) is 12.8. The average molecular weight is 382 g/mol. The van der Waals surface area contributed by atoms with Crippen LogP contribution in [0.1, 0.15) is 28.9 Å². The first-order valence-corrected chi connectivity index (χ1v) is 8.18. The highest BCUT2D eigenvalue weighted by Gasteiger charge is 2.28. The van der Waals surface area contributed by atoms with E-state index in [4.69, 9.17) is 9.47 Å². The van der Waals surface area contributed by atoms with Crippen molar-refractivity contribution in [3.63, 3.8) is 0 Å². The summed E-state index contributed by atoms with van der Waals surface area (Å²) in [7, 11) is 0. The molecule has 144 valence electrons. The lowest BCUT2D eigenvalue weighted by Gasteiger charge is -2.21. The normalized spacial score (nSPS) is 14.4. The zero-order valence-electron chi connectivity index (χ0n) is 14.4. The summed E-state index contributed by atoms with van der Waals surface area (Å²) in [6, 6.07) is 7.65. The fourth-order valence-corrected chi connectivity index (χ4v) is 2.45. The van der Waals surface area contributed by atoms with Gasteiger partial charge in [0, 0.05) is 12.3 Å². The van der Waals surface area contributed by atoms with E-state index in [1.54, 1.807) is 19.1 Å². The molecule has 1 amide bonds. The molecule has 1 aliphatic rings. The van der Waals surface area contributed by atoms with E-state index in [0.29, 0.717) is 24.7 Å². The molecule has 1 N–H and O–H groups in total. The van der Waals surface area contributed by atoms with Crippen LogP contribution in [0.4, 0.5) is 13.2 Å². The Hall–Kier alpha value is -2.97. The minimum absolute atomic E-state index is 0.205. The van der Waals surface area contributed by atoms with Crippen molar-refractivity contribution >= 4 is 5.91 Å². The number of ether oxygens (including phenoxy) is 3. The average Bonchev–Trinajstić information content (AvgIpc) is 2.65. The number of amides is 1. The van der Waals surface area contributed by atoms with Crippen molar-refractivity contribution in [1.82, 2.24) is 10.3 Å². The van der Waals surface area contributed by atoms with Crippen LogP contribution in [0, 0.1) is 0 Å². The summed E-state index contributed by atoms with van der Waals surface area (Å²) in [4.78, 5) is 16.0. The number of benzene rings is 1. The summed E-state index contributed by atoms with van der Waals surface area (Å²) in [6.07, 6.45) is -3.28. The number of fused-ring (bicyclic) bond motifs is 1. The van der Waals surface area contributed by atoms with Crippen molar-refractivity contribution in [3.8, 4) is 17.4 Å². The molecule has 0 bridgehead atoms. The summed E-state index contributed by atoms with van der Waals surface area (Å²) in [5.41, 5.74) is 1.03. The minimum Gasteiger partial charge on any atom is -0.486 e. The van der Waals surface area contributed by atoms with Crippen LogP contribution in [-0.2, 0) is 0 Å². The van der Waals surface area contributed by atoms with Crippen LogP contribution < -0.4 is 19.5 Å². The Morgan fingerprint density at radius 1 is 1.22 bits per heavy atom. The lowest BCUT2D eigenvalue weighted by atomic mass is 10.1. The Morgan fingerprint density at radius 3 is 2.63 bits per heavy atom. The highest BCUT2D eigenvalue weighted by Crippen LogP contribution is 2.32. The second kappa shape index (κ2) is 7.73. The van der Waals surface area contributed by atoms with Gasteiger partial charge < -0.3 is 19.5 Å². The molecular weight excluding hydrogens is 365 g/mol. The van der Waals surface area contributed by atoms with E-state index < -0.39 is 18.7 Å². The van der Waals surface area contributed by atoms with Crippen LogP contribution >= 0.6 is 0 Å². The van der Waals surface area contributed by atoms with Gasteiger partial charge in [0.2, 0.25) is 5.88 Å². The van der Waals surface area contributed by atoms with Gasteiger partial charge in [0.15, 0.2) is 18.1 Å². The van der Waals surface area contributed by atoms with Crippen LogP contribution in [0.3, 0.4) is 0 Å². The number of carbonyl (C=O) groups excluding carboxylic acids is 1. The van der Waals surface area contributed by atoms with E-state index in [2.05, 4.69) is 15.0 Å². The number of alkyl halides is 3. The lowest BCUT2D eigenvalue weighted by Crippen LogP contribution is -2.27. The Morgan fingerprint density at radius 2 is 1.96 bits per heavy atom. The minimum atomic E-state index is -4.45. The molecule has 0 aliphatic carbocycles. The molecule has 0 fully saturated rings. The SMILES string of the molecule is C[C@@H](NC(=O)c1ccc(OCC(F)(F)F)nc1)c1ccc2c(c1)OCCO2. The number of rotatable bonds is 5. The number of nitrogens with zero attached hydrogens (tertiary/aromatic N) is 1. The lowest BCUT2D eigenvalue weighted by molar-refractivity contribution is -0.154. The molecule has 2 heterocycles. The van der Waals surface area contributed by atoms with Crippen LogP contribution in [0.15, 0.2) is 36.5 Å². The zero-order chi connectivity index (χ0) is 19.4. The maximum absolute atomic E-state index is 12.3. The molecular formula is C18H17F3N2O4. The van der Waals surface area contributed by atoms with E-state index in [9.17, 15) is 18.0 Å². The van der Waals surface area contributed by atoms with Gasteiger partial charge in [-0.15, -0.1) is 0 Å². The number of carbonyl (C=O) groups is 1. The fourth-order valence-electron chi connectivity index (χ4n) is 2.45. The van der Waals surface area contributed by atoms with Crippen molar-refractivity contribution in [3.05, 3.63) is 47.7 Å². The van der Waals surface area contributed by atoms with E-state index in [1.807, 2.05) is 6.07 Å². The molecule has 9 heteroatoms. The fraction of sp³-hybridized carbons (Fsp3) is 0.333. The van der Waals surface area contributed by atoms with Crippen molar-refractivity contribution in [2.75, 3.05) is 19.8 Å². The summed E-state index contributed by atoms with van der Waals surface area (Å²) in [5, 5.41) is 2.80. The van der Waals surface area contributed by atoms with Gasteiger partial charge in [-0.3, -0.25) is 4.79 Å². The molecule has 0 unspecified atom stereocenters. The van der Waals surface area contributed by atoms with Crippen LogP contribution in [-0.4, -0.2) is 36.9 Å². The number of pyridine rings is 1. The molecule has 1 aliphatic heterocycles. The van der Waals surface area contributed by atoms with Gasteiger partial charge in [0.1, 0.15) is 13.2 Å². The molecule has 0 saturated carbocycles. The predicted molar refractivity (Wildman–Crippen MR) is 89.1 cm³/mol. The summed E-state index contributed by atoms with van der Waals surface area (Å²) >= 11 is 0. The van der Waals surface area contributed by atoms with Crippen molar-refractivity contribution in [1.29, 1.82) is 0 Å². The highest BCUT2D eigenvalue weighted by molar-refractivity contribution is 5.94. The van der Waals surface area contributed by atoms with Gasteiger partial charge in [-0.05, 0) is 30.7 Å². The smallest absolute Gasteiger partial charge is 0.422 e. The van der Waals surface area contributed by atoms with Crippen LogP contribution in [0.25, 0.3) is 0 Å². The molecule has 1 aromatic carbocycles. The van der Waals surface area contributed by atoms with Gasteiger partial charge in [0.05, 0.1) is 11.6 Å². The molecule has 6 nitrogen and oxygen atoms in total. The molecule has 3 rings (SSSR count). The largest absolute Gasteiger partial charge is 0.486 e. The number of nitrogens with one attached hydrogen (secondary N) is 1. The van der Waals surface area contributed by atoms with Crippen molar-refractivity contribution in [2.45, 2.75) is 19.1 Å². The van der Waals surface area contributed by atoms with Gasteiger partial charge in [-0.25, -0.2) is 4.98 Å². The zero-order valence-corrected chi connectivity index (χ0v) is 14.4. The number of aromatic nitrogens is 1. The third-order valence-corrected chi connectivity index (χ3v) is 3.80. The molecule has 0 saturated heterocycles. The molecule has 1 atom stereocenters. The summed E-state index contributed by atoms with van der Waals surface area (Å²) in [5.74, 6) is 0.658. The topological polar surface area (TPSA) is 69.7 Å². The second-order valence-electron chi connectivity index (χ2n) is 5.89. The standard InChI is InChI=1S/C18H17F3N2O4/c1-11(12-2-4-14-15(8-12)26-7-6-25-14)23-17(24)13-3-5-16(22-9-13)27-10-18(19,20)21/h2-5,8-9,11H,6-7,10H2,1H3,(H,23,24)/t11-/m1/s1. The number of hydrogen-bond acceptors (Lipinski definition) is 5. The van der Waals surface area contributed by atoms with Gasteiger partial charge >= 0.3 is 6.18 Å². The molecule has 0 radical (unpaired) electrons. The van der Waals surface area contributed by atoms with Crippen LogP contribution in [0.2, 0.25) is 0 Å². The van der Waals surface area contributed by atoms with Gasteiger partial charge in [0.25, 0.3) is 5.91 Å². The first-order valence-electron chi connectivity index (χ1n) is 8.18. The Bertz CT molecular complexity index is 809. The van der Waals surface area contributed by atoms with E-state index >= 15 is 0 Å². The van der Waals surface area contributed by atoms with Gasteiger partial charge in [-0.2, -0.15) is 13.2 Å². The summed E-state index contributed by atoms with van der Waals surface area (Å²) < 4.78 is 51.9. The van der Waals surface area contributed by atoms with Gasteiger partial charge in [-0.1, -0.05) is 6.07 Å². The predicted octanol–water partition coefficient (Wildman–Crippen LogP) is 3.28. The Kier molecular flexibility index (Phi) is 5.38. The number of hydrogen-bond donors (Lipinski definition) is 1. The number of halogens is 3.